The molecule has 0 radical (unpaired) electrons. The van der Waals surface area contributed by atoms with E-state index >= 15 is 0 Å². The quantitative estimate of drug-likeness (QED) is 0.302. The Morgan fingerprint density at radius 3 is 2.62 bits per heavy atom. The Labute approximate surface area is 216 Å². The number of hydrogen-bond donors (Lipinski definition) is 5. The van der Waals surface area contributed by atoms with Crippen molar-refractivity contribution in [3.05, 3.63) is 71.4 Å². The van der Waals surface area contributed by atoms with Crippen molar-refractivity contribution in [2.24, 2.45) is 5.73 Å². The number of nitrogens with zero attached hydrogens (tertiary/aromatic N) is 1. The van der Waals surface area contributed by atoms with Crippen LogP contribution in [0.2, 0.25) is 0 Å². The first-order valence-electron chi connectivity index (χ1n) is 12.6. The molecule has 1 saturated heterocycles. The second-order valence-electron chi connectivity index (χ2n) is 9.59. The molecule has 6 N–H and O–H groups in total. The summed E-state index contributed by atoms with van der Waals surface area (Å²) >= 11 is 0. The SMILES string of the molecule is Cc1cc2cc(NC(=O)C(CCc3ccccc3)NC(=O)[C@@H]3C[C@@H](NC(=O)CN)CN3)cnc2cc1C. The third-order valence-electron chi connectivity index (χ3n) is 6.76. The molecule has 1 fully saturated rings. The lowest BCUT2D eigenvalue weighted by Gasteiger charge is -2.21. The van der Waals surface area contributed by atoms with Gasteiger partial charge in [-0.15, -0.1) is 0 Å². The predicted molar refractivity (Wildman–Crippen MR) is 144 cm³/mol. The summed E-state index contributed by atoms with van der Waals surface area (Å²) in [6.45, 7) is 4.45. The first-order chi connectivity index (χ1) is 17.8. The molecular formula is C28H34N6O3. The topological polar surface area (TPSA) is 138 Å². The largest absolute Gasteiger partial charge is 0.351 e. The van der Waals surface area contributed by atoms with E-state index in [9.17, 15) is 14.4 Å². The van der Waals surface area contributed by atoms with Gasteiger partial charge in [0.25, 0.3) is 0 Å². The maximum atomic E-state index is 13.3. The van der Waals surface area contributed by atoms with Crippen molar-refractivity contribution in [3.63, 3.8) is 0 Å². The van der Waals surface area contributed by atoms with E-state index in [1.807, 2.05) is 62.4 Å². The van der Waals surface area contributed by atoms with Crippen LogP contribution in [0, 0.1) is 13.8 Å². The summed E-state index contributed by atoms with van der Waals surface area (Å²) in [7, 11) is 0. The number of pyridine rings is 1. The third kappa shape index (κ3) is 6.90. The number of hydrogen-bond acceptors (Lipinski definition) is 6. The number of anilines is 1. The van der Waals surface area contributed by atoms with Gasteiger partial charge in [0.1, 0.15) is 6.04 Å². The fourth-order valence-corrected chi connectivity index (χ4v) is 4.52. The first kappa shape index (κ1) is 26.2. The van der Waals surface area contributed by atoms with Crippen LogP contribution in [0.1, 0.15) is 29.5 Å². The Morgan fingerprint density at radius 2 is 1.86 bits per heavy atom. The second kappa shape index (κ2) is 11.9. The number of aryl methyl sites for hydroxylation is 3. The van der Waals surface area contributed by atoms with E-state index in [-0.39, 0.29) is 30.3 Å². The lowest BCUT2D eigenvalue weighted by atomic mass is 10.0. The smallest absolute Gasteiger partial charge is 0.247 e. The van der Waals surface area contributed by atoms with E-state index < -0.39 is 12.1 Å². The molecule has 1 aliphatic heterocycles. The first-order valence-corrected chi connectivity index (χ1v) is 12.6. The highest BCUT2D eigenvalue weighted by Gasteiger charge is 2.32. The van der Waals surface area contributed by atoms with Crippen LogP contribution in [0.4, 0.5) is 5.69 Å². The highest BCUT2D eigenvalue weighted by Crippen LogP contribution is 2.21. The molecule has 0 bridgehead atoms. The molecule has 1 unspecified atom stereocenters. The van der Waals surface area contributed by atoms with Crippen molar-refractivity contribution < 1.29 is 14.4 Å². The third-order valence-corrected chi connectivity index (χ3v) is 6.76. The summed E-state index contributed by atoms with van der Waals surface area (Å²) in [5.41, 5.74) is 10.2. The number of carbonyl (C=O) groups is 3. The molecule has 0 saturated carbocycles. The zero-order chi connectivity index (χ0) is 26.4. The molecule has 3 atom stereocenters. The van der Waals surface area contributed by atoms with Crippen LogP contribution in [0.15, 0.2) is 54.7 Å². The van der Waals surface area contributed by atoms with Gasteiger partial charge in [-0.05, 0) is 68.0 Å². The van der Waals surface area contributed by atoms with Crippen LogP contribution in [0.25, 0.3) is 10.9 Å². The van der Waals surface area contributed by atoms with Crippen LogP contribution in [0.5, 0.6) is 0 Å². The van der Waals surface area contributed by atoms with Gasteiger partial charge >= 0.3 is 0 Å². The summed E-state index contributed by atoms with van der Waals surface area (Å²) < 4.78 is 0. The fourth-order valence-electron chi connectivity index (χ4n) is 4.52. The number of nitrogens with one attached hydrogen (secondary N) is 4. The van der Waals surface area contributed by atoms with Crippen molar-refractivity contribution in [1.82, 2.24) is 20.9 Å². The number of amides is 3. The van der Waals surface area contributed by atoms with Gasteiger partial charge < -0.3 is 27.0 Å². The molecular weight excluding hydrogens is 468 g/mol. The average molecular weight is 503 g/mol. The Bertz CT molecular complexity index is 1280. The maximum absolute atomic E-state index is 13.3. The van der Waals surface area contributed by atoms with Gasteiger partial charge in [0.15, 0.2) is 0 Å². The molecule has 194 valence electrons. The summed E-state index contributed by atoms with van der Waals surface area (Å²) in [4.78, 5) is 42.5. The van der Waals surface area contributed by atoms with Crippen LogP contribution in [0.3, 0.4) is 0 Å². The number of rotatable bonds is 9. The van der Waals surface area contributed by atoms with E-state index in [2.05, 4.69) is 26.3 Å². The summed E-state index contributed by atoms with van der Waals surface area (Å²) in [6, 6.07) is 14.4. The van der Waals surface area contributed by atoms with Crippen molar-refractivity contribution in [1.29, 1.82) is 0 Å². The molecule has 37 heavy (non-hydrogen) atoms. The molecule has 9 nitrogen and oxygen atoms in total. The van der Waals surface area contributed by atoms with Gasteiger partial charge in [0.2, 0.25) is 17.7 Å². The number of carbonyl (C=O) groups excluding carboxylic acids is 3. The number of nitrogens with two attached hydrogens (primary N) is 1. The van der Waals surface area contributed by atoms with Gasteiger partial charge in [-0.2, -0.15) is 0 Å². The number of aromatic nitrogens is 1. The number of fused-ring (bicyclic) bond motifs is 1. The molecule has 3 aromatic rings. The molecule has 0 aliphatic carbocycles. The van der Waals surface area contributed by atoms with Crippen LogP contribution >= 0.6 is 0 Å². The van der Waals surface area contributed by atoms with Crippen molar-refractivity contribution in [2.75, 3.05) is 18.4 Å². The molecule has 9 heteroatoms. The minimum atomic E-state index is -0.748. The van der Waals surface area contributed by atoms with Gasteiger partial charge in [-0.1, -0.05) is 30.3 Å². The van der Waals surface area contributed by atoms with E-state index in [0.717, 1.165) is 27.6 Å². The summed E-state index contributed by atoms with van der Waals surface area (Å²) in [5.74, 6) is -0.844. The van der Waals surface area contributed by atoms with E-state index in [1.54, 1.807) is 6.20 Å². The van der Waals surface area contributed by atoms with Gasteiger partial charge in [-0.25, -0.2) is 0 Å². The van der Waals surface area contributed by atoms with Gasteiger partial charge in [0, 0.05) is 18.0 Å². The van der Waals surface area contributed by atoms with Crippen molar-refractivity contribution in [3.8, 4) is 0 Å². The highest BCUT2D eigenvalue weighted by atomic mass is 16.2. The van der Waals surface area contributed by atoms with Gasteiger partial charge in [-0.3, -0.25) is 19.4 Å². The Balaban J connectivity index is 1.45. The fraction of sp³-hybridized carbons (Fsp3) is 0.357. The van der Waals surface area contributed by atoms with E-state index in [0.29, 0.717) is 31.5 Å². The molecule has 2 heterocycles. The minimum Gasteiger partial charge on any atom is -0.351 e. The second-order valence-corrected chi connectivity index (χ2v) is 9.59. The Morgan fingerprint density at radius 1 is 1.11 bits per heavy atom. The normalized spacial score (nSPS) is 17.8. The highest BCUT2D eigenvalue weighted by molar-refractivity contribution is 5.99. The minimum absolute atomic E-state index is 0.0993. The monoisotopic (exact) mass is 502 g/mol. The van der Waals surface area contributed by atoms with E-state index in [1.165, 1.54) is 0 Å². The zero-order valence-electron chi connectivity index (χ0n) is 21.2. The summed E-state index contributed by atoms with van der Waals surface area (Å²) in [6.07, 6.45) is 3.12. The van der Waals surface area contributed by atoms with Gasteiger partial charge in [0.05, 0.1) is 30.0 Å². The standard InChI is InChI=1S/C28H34N6O3/c1-17-10-20-12-21(15-30-24(20)11-18(17)2)33-27(36)23(9-8-19-6-4-3-5-7-19)34-28(37)25-13-22(16-31-25)32-26(35)14-29/h3-7,10-12,15,22-23,25,31H,8-9,13-14,16,29H2,1-2H3,(H,32,35)(H,33,36)(H,34,37)/t22-,23?,25+/m1/s1. The lowest BCUT2D eigenvalue weighted by molar-refractivity contribution is -0.127. The predicted octanol–water partition coefficient (Wildman–Crippen LogP) is 1.71. The van der Waals surface area contributed by atoms with Crippen molar-refractivity contribution in [2.45, 2.75) is 51.2 Å². The lowest BCUT2D eigenvalue weighted by Crippen LogP contribution is -2.50. The van der Waals surface area contributed by atoms with Crippen LogP contribution in [-0.4, -0.2) is 53.9 Å². The molecule has 0 spiro atoms. The number of benzene rings is 2. The average Bonchev–Trinajstić information content (AvgIpc) is 3.36. The summed E-state index contributed by atoms with van der Waals surface area (Å²) in [5, 5.41) is 12.7. The molecule has 2 aromatic carbocycles. The molecule has 1 aliphatic rings. The Kier molecular flexibility index (Phi) is 8.47. The molecule has 1 aromatic heterocycles. The van der Waals surface area contributed by atoms with Crippen molar-refractivity contribution >= 4 is 34.3 Å². The van der Waals surface area contributed by atoms with Crippen LogP contribution in [-0.2, 0) is 20.8 Å². The maximum Gasteiger partial charge on any atom is 0.247 e. The van der Waals surface area contributed by atoms with Crippen LogP contribution < -0.4 is 27.0 Å². The Hall–Kier alpha value is -3.82. The molecule has 4 rings (SSSR count). The zero-order valence-corrected chi connectivity index (χ0v) is 21.2. The molecule has 3 amide bonds. The van der Waals surface area contributed by atoms with E-state index in [4.69, 9.17) is 5.73 Å².